The molecule has 2 rings (SSSR count). The summed E-state index contributed by atoms with van der Waals surface area (Å²) in [7, 11) is 0. The summed E-state index contributed by atoms with van der Waals surface area (Å²) in [6, 6.07) is 11.0. The molecule has 1 fully saturated rings. The molecule has 0 aliphatic carbocycles. The van der Waals surface area contributed by atoms with Gasteiger partial charge in [-0.25, -0.2) is 0 Å². The summed E-state index contributed by atoms with van der Waals surface area (Å²) in [5.74, 6) is 0. The lowest BCUT2D eigenvalue weighted by Gasteiger charge is -2.42. The monoisotopic (exact) mass is 290 g/mol. The second kappa shape index (κ2) is 7.92. The lowest BCUT2D eigenvalue weighted by molar-refractivity contribution is 0.00785. The lowest BCUT2D eigenvalue weighted by Crippen LogP contribution is -2.53. The van der Waals surface area contributed by atoms with Crippen molar-refractivity contribution in [2.24, 2.45) is 0 Å². The van der Waals surface area contributed by atoms with Crippen molar-refractivity contribution in [2.45, 2.75) is 51.8 Å². The van der Waals surface area contributed by atoms with E-state index in [0.29, 0.717) is 6.04 Å². The van der Waals surface area contributed by atoms with Crippen molar-refractivity contribution >= 4 is 0 Å². The average molecular weight is 290 g/mol. The van der Waals surface area contributed by atoms with Gasteiger partial charge in [0.25, 0.3) is 0 Å². The predicted octanol–water partition coefficient (Wildman–Crippen LogP) is 2.91. The molecule has 0 radical (unpaired) electrons. The minimum absolute atomic E-state index is 0.228. The van der Waals surface area contributed by atoms with Crippen molar-refractivity contribution in [3.8, 4) is 0 Å². The Kier molecular flexibility index (Phi) is 6.22. The number of aliphatic hydroxyl groups is 1. The molecule has 1 heterocycles. The van der Waals surface area contributed by atoms with Crippen LogP contribution < -0.4 is 0 Å². The molecule has 1 aromatic carbocycles. The smallest absolute Gasteiger partial charge is 0.0945 e. The molecule has 21 heavy (non-hydrogen) atoms. The van der Waals surface area contributed by atoms with Crippen LogP contribution in [0.5, 0.6) is 0 Å². The standard InChI is InChI=1S/C18H30N2O/c1-4-15(3)19-11-13-20(14-12-19)17(5-2)18(21)16-9-7-6-8-10-16/h6-10,15,17-18,21H,4-5,11-14H2,1-3H3. The van der Waals surface area contributed by atoms with E-state index in [1.807, 2.05) is 30.3 Å². The third-order valence-electron chi connectivity index (χ3n) is 4.96. The second-order valence-electron chi connectivity index (χ2n) is 6.16. The van der Waals surface area contributed by atoms with Crippen LogP contribution in [-0.4, -0.2) is 53.2 Å². The van der Waals surface area contributed by atoms with Gasteiger partial charge in [0.1, 0.15) is 0 Å². The molecule has 1 saturated heterocycles. The fourth-order valence-corrected chi connectivity index (χ4v) is 3.32. The highest BCUT2D eigenvalue weighted by molar-refractivity contribution is 5.19. The van der Waals surface area contributed by atoms with E-state index in [9.17, 15) is 5.11 Å². The van der Waals surface area contributed by atoms with Gasteiger partial charge in [0.2, 0.25) is 0 Å². The Balaban J connectivity index is 1.96. The summed E-state index contributed by atoms with van der Waals surface area (Å²) < 4.78 is 0. The van der Waals surface area contributed by atoms with Gasteiger partial charge in [-0.05, 0) is 25.3 Å². The normalized spacial score (nSPS) is 21.9. The molecule has 1 N–H and O–H groups in total. The first-order valence-corrected chi connectivity index (χ1v) is 8.38. The van der Waals surface area contributed by atoms with E-state index in [1.165, 1.54) is 6.42 Å². The molecule has 0 spiro atoms. The molecule has 3 nitrogen and oxygen atoms in total. The Hall–Kier alpha value is -0.900. The van der Waals surface area contributed by atoms with Gasteiger partial charge in [0, 0.05) is 38.3 Å². The molecular weight excluding hydrogens is 260 g/mol. The summed E-state index contributed by atoms with van der Waals surface area (Å²) in [6.45, 7) is 11.1. The van der Waals surface area contributed by atoms with Crippen LogP contribution in [0.25, 0.3) is 0 Å². The van der Waals surface area contributed by atoms with Crippen LogP contribution in [0.15, 0.2) is 30.3 Å². The van der Waals surface area contributed by atoms with Gasteiger partial charge in [-0.15, -0.1) is 0 Å². The van der Waals surface area contributed by atoms with Crippen LogP contribution in [0.4, 0.5) is 0 Å². The third kappa shape index (κ3) is 4.06. The SMILES string of the molecule is CCC(C)N1CCN(C(CC)C(O)c2ccccc2)CC1. The number of nitrogens with zero attached hydrogens (tertiary/aromatic N) is 2. The van der Waals surface area contributed by atoms with Gasteiger partial charge < -0.3 is 5.11 Å². The Morgan fingerprint density at radius 1 is 0.952 bits per heavy atom. The Morgan fingerprint density at radius 3 is 2.05 bits per heavy atom. The largest absolute Gasteiger partial charge is 0.387 e. The molecule has 3 heteroatoms. The van der Waals surface area contributed by atoms with Crippen molar-refractivity contribution in [1.29, 1.82) is 0 Å². The number of aliphatic hydroxyl groups excluding tert-OH is 1. The highest BCUT2D eigenvalue weighted by atomic mass is 16.3. The third-order valence-corrected chi connectivity index (χ3v) is 4.96. The fraction of sp³-hybridized carbons (Fsp3) is 0.667. The van der Waals surface area contributed by atoms with E-state index >= 15 is 0 Å². The van der Waals surface area contributed by atoms with E-state index < -0.39 is 0 Å². The summed E-state index contributed by atoms with van der Waals surface area (Å²) in [5.41, 5.74) is 1.04. The topological polar surface area (TPSA) is 26.7 Å². The summed E-state index contributed by atoms with van der Waals surface area (Å²) >= 11 is 0. The maximum atomic E-state index is 10.7. The van der Waals surface area contributed by atoms with E-state index in [4.69, 9.17) is 0 Å². The van der Waals surface area contributed by atoms with Gasteiger partial charge in [0.05, 0.1) is 6.10 Å². The zero-order valence-electron chi connectivity index (χ0n) is 13.7. The lowest BCUT2D eigenvalue weighted by atomic mass is 9.98. The predicted molar refractivity (Wildman–Crippen MR) is 88.4 cm³/mol. The first-order chi connectivity index (χ1) is 10.2. The van der Waals surface area contributed by atoms with Crippen LogP contribution in [-0.2, 0) is 0 Å². The number of rotatable bonds is 6. The minimum Gasteiger partial charge on any atom is -0.387 e. The van der Waals surface area contributed by atoms with Gasteiger partial charge in [0.15, 0.2) is 0 Å². The molecule has 0 amide bonds. The fourth-order valence-electron chi connectivity index (χ4n) is 3.32. The van der Waals surface area contributed by atoms with Crippen molar-refractivity contribution in [3.05, 3.63) is 35.9 Å². The molecule has 3 atom stereocenters. The second-order valence-corrected chi connectivity index (χ2v) is 6.16. The van der Waals surface area contributed by atoms with Crippen molar-refractivity contribution in [1.82, 2.24) is 9.80 Å². The molecule has 0 saturated carbocycles. The van der Waals surface area contributed by atoms with E-state index in [2.05, 4.69) is 30.6 Å². The van der Waals surface area contributed by atoms with E-state index in [0.717, 1.165) is 38.2 Å². The highest BCUT2D eigenvalue weighted by Crippen LogP contribution is 2.24. The molecule has 1 aliphatic heterocycles. The summed E-state index contributed by atoms with van der Waals surface area (Å²) in [5, 5.41) is 10.7. The van der Waals surface area contributed by atoms with Crippen LogP contribution in [0.1, 0.15) is 45.3 Å². The summed E-state index contributed by atoms with van der Waals surface area (Å²) in [6.07, 6.45) is 1.81. The van der Waals surface area contributed by atoms with Crippen LogP contribution in [0, 0.1) is 0 Å². The first-order valence-electron chi connectivity index (χ1n) is 8.38. The van der Waals surface area contributed by atoms with Crippen LogP contribution in [0.2, 0.25) is 0 Å². The van der Waals surface area contributed by atoms with Crippen molar-refractivity contribution < 1.29 is 5.11 Å². The Labute approximate surface area is 129 Å². The quantitative estimate of drug-likeness (QED) is 0.872. The van der Waals surface area contributed by atoms with Crippen molar-refractivity contribution in [2.75, 3.05) is 26.2 Å². The van der Waals surface area contributed by atoms with Gasteiger partial charge in [-0.3, -0.25) is 9.80 Å². The molecule has 1 aliphatic rings. The molecule has 118 valence electrons. The van der Waals surface area contributed by atoms with Gasteiger partial charge >= 0.3 is 0 Å². The minimum atomic E-state index is -0.383. The number of benzene rings is 1. The molecule has 0 aromatic heterocycles. The van der Waals surface area contributed by atoms with E-state index in [-0.39, 0.29) is 12.1 Å². The Morgan fingerprint density at radius 2 is 1.52 bits per heavy atom. The number of hydrogen-bond acceptors (Lipinski definition) is 3. The van der Waals surface area contributed by atoms with Crippen molar-refractivity contribution in [3.63, 3.8) is 0 Å². The van der Waals surface area contributed by atoms with Crippen LogP contribution >= 0.6 is 0 Å². The maximum Gasteiger partial charge on any atom is 0.0945 e. The first kappa shape index (κ1) is 16.5. The average Bonchev–Trinajstić information content (AvgIpc) is 2.56. The molecule has 1 aromatic rings. The zero-order chi connectivity index (χ0) is 15.2. The van der Waals surface area contributed by atoms with Crippen LogP contribution in [0.3, 0.4) is 0 Å². The van der Waals surface area contributed by atoms with Gasteiger partial charge in [-0.2, -0.15) is 0 Å². The number of piperazine rings is 1. The molecule has 3 unspecified atom stereocenters. The molecule has 0 bridgehead atoms. The summed E-state index contributed by atoms with van der Waals surface area (Å²) in [4.78, 5) is 5.04. The Bertz CT molecular complexity index is 401. The maximum absolute atomic E-state index is 10.7. The number of hydrogen-bond donors (Lipinski definition) is 1. The zero-order valence-corrected chi connectivity index (χ0v) is 13.7. The molecular formula is C18H30N2O. The van der Waals surface area contributed by atoms with Gasteiger partial charge in [-0.1, -0.05) is 44.2 Å². The van der Waals surface area contributed by atoms with E-state index in [1.54, 1.807) is 0 Å². The highest BCUT2D eigenvalue weighted by Gasteiger charge is 2.29.